The molecule has 0 aromatic carbocycles. The Morgan fingerprint density at radius 1 is 1.56 bits per heavy atom. The number of hydrogen-bond acceptors (Lipinski definition) is 3. The molecule has 1 unspecified atom stereocenters. The van der Waals surface area contributed by atoms with Crippen LogP contribution >= 0.6 is 0 Å². The molecular formula is C13H21N3O2. The van der Waals surface area contributed by atoms with Gasteiger partial charge in [-0.25, -0.2) is 0 Å². The molecule has 1 saturated heterocycles. The lowest BCUT2D eigenvalue weighted by atomic mass is 9.92. The fourth-order valence-corrected chi connectivity index (χ4v) is 1.94. The molecule has 1 atom stereocenters. The monoisotopic (exact) mass is 251 g/mol. The number of carbonyl (C=O) groups is 1. The van der Waals surface area contributed by atoms with Gasteiger partial charge >= 0.3 is 0 Å². The molecule has 0 spiro atoms. The Kier molecular flexibility index (Phi) is 3.43. The largest absolute Gasteiger partial charge is 0.368 e. The molecule has 2 heterocycles. The van der Waals surface area contributed by atoms with E-state index in [4.69, 9.17) is 4.74 Å². The van der Waals surface area contributed by atoms with Crippen LogP contribution in [0.15, 0.2) is 6.07 Å². The lowest BCUT2D eigenvalue weighted by Gasteiger charge is -2.13. The topological polar surface area (TPSA) is 56.2 Å². The second-order valence-electron chi connectivity index (χ2n) is 5.78. The van der Waals surface area contributed by atoms with Gasteiger partial charge in [-0.3, -0.25) is 9.48 Å². The second-order valence-corrected chi connectivity index (χ2v) is 5.78. The number of anilines is 1. The van der Waals surface area contributed by atoms with Crippen molar-refractivity contribution in [2.45, 2.75) is 45.1 Å². The average Bonchev–Trinajstić information content (AvgIpc) is 2.87. The van der Waals surface area contributed by atoms with Crippen LogP contribution in [0.2, 0.25) is 0 Å². The molecule has 1 amide bonds. The van der Waals surface area contributed by atoms with Gasteiger partial charge in [0.05, 0.1) is 5.69 Å². The Morgan fingerprint density at radius 2 is 2.28 bits per heavy atom. The van der Waals surface area contributed by atoms with Crippen LogP contribution in [-0.2, 0) is 22.0 Å². The summed E-state index contributed by atoms with van der Waals surface area (Å²) in [7, 11) is 1.83. The number of rotatable bonds is 2. The summed E-state index contributed by atoms with van der Waals surface area (Å²) in [5.41, 5.74) is 0.942. The number of carbonyl (C=O) groups excluding carboxylic acids is 1. The van der Waals surface area contributed by atoms with Crippen LogP contribution < -0.4 is 5.32 Å². The molecule has 1 aromatic rings. The van der Waals surface area contributed by atoms with Crippen LogP contribution in [0.25, 0.3) is 0 Å². The maximum absolute atomic E-state index is 11.9. The van der Waals surface area contributed by atoms with E-state index < -0.39 is 0 Å². The van der Waals surface area contributed by atoms with Crippen molar-refractivity contribution in [2.75, 3.05) is 11.9 Å². The SMILES string of the molecule is Cn1nc(C(C)(C)C)cc1NC(=O)C1CCCO1. The van der Waals surface area contributed by atoms with Crippen molar-refractivity contribution < 1.29 is 9.53 Å². The first-order valence-electron chi connectivity index (χ1n) is 6.35. The molecule has 1 aliphatic rings. The normalized spacial score (nSPS) is 20.1. The first-order chi connectivity index (χ1) is 8.38. The maximum Gasteiger partial charge on any atom is 0.254 e. The molecule has 100 valence electrons. The van der Waals surface area contributed by atoms with Gasteiger partial charge in [-0.05, 0) is 12.8 Å². The first kappa shape index (κ1) is 13.1. The second kappa shape index (κ2) is 4.72. The van der Waals surface area contributed by atoms with Crippen molar-refractivity contribution in [1.82, 2.24) is 9.78 Å². The van der Waals surface area contributed by atoms with E-state index in [9.17, 15) is 4.79 Å². The minimum Gasteiger partial charge on any atom is -0.368 e. The minimum absolute atomic E-state index is 0.0232. The zero-order valence-corrected chi connectivity index (χ0v) is 11.5. The quantitative estimate of drug-likeness (QED) is 0.872. The lowest BCUT2D eigenvalue weighted by molar-refractivity contribution is -0.124. The van der Waals surface area contributed by atoms with Crippen molar-refractivity contribution in [3.63, 3.8) is 0 Å². The molecular weight excluding hydrogens is 230 g/mol. The summed E-state index contributed by atoms with van der Waals surface area (Å²) in [6.45, 7) is 6.97. The number of ether oxygens (including phenoxy) is 1. The van der Waals surface area contributed by atoms with Crippen molar-refractivity contribution in [1.29, 1.82) is 0 Å². The highest BCUT2D eigenvalue weighted by molar-refractivity contribution is 5.93. The van der Waals surface area contributed by atoms with Crippen LogP contribution in [0.3, 0.4) is 0 Å². The maximum atomic E-state index is 11.9. The third-order valence-electron chi connectivity index (χ3n) is 3.12. The Morgan fingerprint density at radius 3 is 2.78 bits per heavy atom. The van der Waals surface area contributed by atoms with Crippen molar-refractivity contribution in [3.8, 4) is 0 Å². The van der Waals surface area contributed by atoms with Crippen LogP contribution in [-0.4, -0.2) is 28.4 Å². The molecule has 0 bridgehead atoms. The van der Waals surface area contributed by atoms with Gasteiger partial charge in [0, 0.05) is 25.1 Å². The third-order valence-corrected chi connectivity index (χ3v) is 3.12. The zero-order valence-electron chi connectivity index (χ0n) is 11.5. The highest BCUT2D eigenvalue weighted by Crippen LogP contribution is 2.24. The molecule has 1 aliphatic heterocycles. The predicted octanol–water partition coefficient (Wildman–Crippen LogP) is 1.84. The Bertz CT molecular complexity index is 440. The summed E-state index contributed by atoms with van der Waals surface area (Å²) in [6, 6.07) is 1.92. The van der Waals surface area contributed by atoms with E-state index in [0.717, 1.165) is 24.4 Å². The van der Waals surface area contributed by atoms with Crippen molar-refractivity contribution in [2.24, 2.45) is 7.05 Å². The number of aryl methyl sites for hydroxylation is 1. The molecule has 1 N–H and O–H groups in total. The van der Waals surface area contributed by atoms with Gasteiger partial charge in [-0.1, -0.05) is 20.8 Å². The molecule has 2 rings (SSSR count). The number of nitrogens with zero attached hydrogens (tertiary/aromatic N) is 2. The molecule has 0 radical (unpaired) electrons. The number of aromatic nitrogens is 2. The number of hydrogen-bond donors (Lipinski definition) is 1. The fourth-order valence-electron chi connectivity index (χ4n) is 1.94. The summed E-state index contributed by atoms with van der Waals surface area (Å²) in [5, 5.41) is 7.30. The number of nitrogens with one attached hydrogen (secondary N) is 1. The lowest BCUT2D eigenvalue weighted by Crippen LogP contribution is -2.27. The molecule has 5 nitrogen and oxygen atoms in total. The predicted molar refractivity (Wildman–Crippen MR) is 69.5 cm³/mol. The Hall–Kier alpha value is -1.36. The molecule has 0 aliphatic carbocycles. The smallest absolute Gasteiger partial charge is 0.254 e. The highest BCUT2D eigenvalue weighted by atomic mass is 16.5. The Labute approximate surface area is 108 Å². The molecule has 1 fully saturated rings. The van der Waals surface area contributed by atoms with Gasteiger partial charge < -0.3 is 10.1 Å². The fraction of sp³-hybridized carbons (Fsp3) is 0.692. The summed E-state index contributed by atoms with van der Waals surface area (Å²) in [6.07, 6.45) is 1.45. The molecule has 1 aromatic heterocycles. The van der Waals surface area contributed by atoms with Gasteiger partial charge in [0.2, 0.25) is 0 Å². The summed E-state index contributed by atoms with van der Waals surface area (Å²) >= 11 is 0. The zero-order chi connectivity index (χ0) is 13.3. The van der Waals surface area contributed by atoms with E-state index in [1.807, 2.05) is 13.1 Å². The van der Waals surface area contributed by atoms with Gasteiger partial charge in [0.1, 0.15) is 11.9 Å². The standard InChI is InChI=1S/C13H21N3O2/c1-13(2,3)10-8-11(16(4)15-10)14-12(17)9-6-5-7-18-9/h8-9H,5-7H2,1-4H3,(H,14,17). The van der Waals surface area contributed by atoms with Crippen LogP contribution in [0.5, 0.6) is 0 Å². The van der Waals surface area contributed by atoms with Gasteiger partial charge in [-0.15, -0.1) is 0 Å². The van der Waals surface area contributed by atoms with E-state index in [2.05, 4.69) is 31.2 Å². The summed E-state index contributed by atoms with van der Waals surface area (Å²) in [4.78, 5) is 11.9. The van der Waals surface area contributed by atoms with E-state index in [1.165, 1.54) is 0 Å². The molecule has 5 heteroatoms. The van der Waals surface area contributed by atoms with Crippen molar-refractivity contribution in [3.05, 3.63) is 11.8 Å². The van der Waals surface area contributed by atoms with Crippen LogP contribution in [0.1, 0.15) is 39.3 Å². The summed E-state index contributed by atoms with van der Waals surface area (Å²) < 4.78 is 7.06. The van der Waals surface area contributed by atoms with Gasteiger partial charge in [-0.2, -0.15) is 5.10 Å². The van der Waals surface area contributed by atoms with Gasteiger partial charge in [0.15, 0.2) is 0 Å². The van der Waals surface area contributed by atoms with E-state index in [0.29, 0.717) is 6.61 Å². The number of amides is 1. The summed E-state index contributed by atoms with van der Waals surface area (Å²) in [5.74, 6) is 0.649. The Balaban J connectivity index is 2.09. The molecule has 0 saturated carbocycles. The van der Waals surface area contributed by atoms with Crippen LogP contribution in [0, 0.1) is 0 Å². The minimum atomic E-state index is -0.307. The highest BCUT2D eigenvalue weighted by Gasteiger charge is 2.25. The third kappa shape index (κ3) is 2.72. The van der Waals surface area contributed by atoms with E-state index in [-0.39, 0.29) is 17.4 Å². The van der Waals surface area contributed by atoms with Crippen molar-refractivity contribution >= 4 is 11.7 Å². The van der Waals surface area contributed by atoms with Gasteiger partial charge in [0.25, 0.3) is 5.91 Å². The molecule has 18 heavy (non-hydrogen) atoms. The first-order valence-corrected chi connectivity index (χ1v) is 6.35. The van der Waals surface area contributed by atoms with Crippen LogP contribution in [0.4, 0.5) is 5.82 Å². The van der Waals surface area contributed by atoms with E-state index >= 15 is 0 Å². The average molecular weight is 251 g/mol. The van der Waals surface area contributed by atoms with E-state index in [1.54, 1.807) is 4.68 Å².